The van der Waals surface area contributed by atoms with Crippen LogP contribution in [0.25, 0.3) is 11.1 Å². The van der Waals surface area contributed by atoms with Gasteiger partial charge in [-0.3, -0.25) is 0 Å². The minimum absolute atomic E-state index is 0.696. The maximum atomic E-state index is 5.74. The lowest BCUT2D eigenvalue weighted by Crippen LogP contribution is -1.95. The molecule has 0 aliphatic rings. The van der Waals surface area contributed by atoms with Gasteiger partial charge >= 0.3 is 0 Å². The van der Waals surface area contributed by atoms with Crippen molar-refractivity contribution in [1.29, 1.82) is 0 Å². The standard InChI is InChI=1S/C17H20O/c1-5-18-17-10-12(2)6-9-16(17)15-8-7-13(3)14(4)11-15/h6-11H,5H2,1-4H3. The van der Waals surface area contributed by atoms with Crippen LogP contribution in [0, 0.1) is 20.8 Å². The van der Waals surface area contributed by atoms with Crippen LogP contribution in [0.1, 0.15) is 23.6 Å². The molecule has 0 N–H and O–H groups in total. The minimum Gasteiger partial charge on any atom is -0.493 e. The quantitative estimate of drug-likeness (QED) is 0.757. The van der Waals surface area contributed by atoms with E-state index in [4.69, 9.17) is 4.74 Å². The van der Waals surface area contributed by atoms with Crippen LogP contribution in [-0.4, -0.2) is 6.61 Å². The van der Waals surface area contributed by atoms with E-state index >= 15 is 0 Å². The van der Waals surface area contributed by atoms with E-state index in [-0.39, 0.29) is 0 Å². The highest BCUT2D eigenvalue weighted by atomic mass is 16.5. The lowest BCUT2D eigenvalue weighted by molar-refractivity contribution is 0.341. The van der Waals surface area contributed by atoms with E-state index in [9.17, 15) is 0 Å². The van der Waals surface area contributed by atoms with Crippen molar-refractivity contribution in [3.8, 4) is 16.9 Å². The first kappa shape index (κ1) is 12.7. The molecule has 0 saturated carbocycles. The summed E-state index contributed by atoms with van der Waals surface area (Å²) in [5.74, 6) is 0.973. The normalized spacial score (nSPS) is 10.4. The van der Waals surface area contributed by atoms with Gasteiger partial charge in [0.05, 0.1) is 6.61 Å². The third kappa shape index (κ3) is 2.56. The molecule has 0 atom stereocenters. The molecule has 0 aliphatic heterocycles. The van der Waals surface area contributed by atoms with Crippen LogP contribution in [0.5, 0.6) is 5.75 Å². The number of hydrogen-bond acceptors (Lipinski definition) is 1. The molecule has 0 aromatic heterocycles. The van der Waals surface area contributed by atoms with E-state index in [2.05, 4.69) is 57.2 Å². The summed E-state index contributed by atoms with van der Waals surface area (Å²) < 4.78 is 5.74. The van der Waals surface area contributed by atoms with E-state index in [0.717, 1.165) is 5.75 Å². The Kier molecular flexibility index (Phi) is 3.71. The molecular weight excluding hydrogens is 220 g/mol. The molecule has 0 heterocycles. The van der Waals surface area contributed by atoms with E-state index < -0.39 is 0 Å². The predicted molar refractivity (Wildman–Crippen MR) is 77.3 cm³/mol. The van der Waals surface area contributed by atoms with Gasteiger partial charge in [0.25, 0.3) is 0 Å². The topological polar surface area (TPSA) is 9.23 Å². The second-order valence-corrected chi connectivity index (χ2v) is 4.73. The van der Waals surface area contributed by atoms with Crippen molar-refractivity contribution < 1.29 is 4.74 Å². The smallest absolute Gasteiger partial charge is 0.127 e. The molecule has 1 heteroatoms. The molecular formula is C17H20O. The van der Waals surface area contributed by atoms with Crippen LogP contribution in [0.15, 0.2) is 36.4 Å². The molecule has 0 radical (unpaired) electrons. The molecule has 1 nitrogen and oxygen atoms in total. The maximum Gasteiger partial charge on any atom is 0.127 e. The van der Waals surface area contributed by atoms with Gasteiger partial charge in [-0.25, -0.2) is 0 Å². The third-order valence-corrected chi connectivity index (χ3v) is 3.25. The van der Waals surface area contributed by atoms with Gasteiger partial charge < -0.3 is 4.74 Å². The van der Waals surface area contributed by atoms with Crippen LogP contribution >= 0.6 is 0 Å². The number of hydrogen-bond donors (Lipinski definition) is 0. The molecule has 0 fully saturated rings. The Morgan fingerprint density at radius 3 is 2.33 bits per heavy atom. The average molecular weight is 240 g/mol. The van der Waals surface area contributed by atoms with Crippen LogP contribution in [0.3, 0.4) is 0 Å². The Labute approximate surface area is 109 Å². The first-order valence-electron chi connectivity index (χ1n) is 6.43. The molecule has 0 spiro atoms. The van der Waals surface area contributed by atoms with Gasteiger partial charge in [-0.05, 0) is 56.0 Å². The fourth-order valence-electron chi connectivity index (χ4n) is 2.05. The first-order chi connectivity index (χ1) is 8.61. The van der Waals surface area contributed by atoms with Gasteiger partial charge in [0.1, 0.15) is 5.75 Å². The van der Waals surface area contributed by atoms with E-state index in [0.29, 0.717) is 6.61 Å². The number of rotatable bonds is 3. The number of ether oxygens (including phenoxy) is 1. The SMILES string of the molecule is CCOc1cc(C)ccc1-c1ccc(C)c(C)c1. The molecule has 0 unspecified atom stereocenters. The number of benzene rings is 2. The highest BCUT2D eigenvalue weighted by molar-refractivity contribution is 5.71. The highest BCUT2D eigenvalue weighted by Gasteiger charge is 2.07. The van der Waals surface area contributed by atoms with Gasteiger partial charge in [0.15, 0.2) is 0 Å². The monoisotopic (exact) mass is 240 g/mol. The Morgan fingerprint density at radius 1 is 0.889 bits per heavy atom. The van der Waals surface area contributed by atoms with Gasteiger partial charge in [-0.2, -0.15) is 0 Å². The Balaban J connectivity index is 2.51. The molecule has 0 bridgehead atoms. The van der Waals surface area contributed by atoms with E-state index in [1.165, 1.54) is 27.8 Å². The summed E-state index contributed by atoms with van der Waals surface area (Å²) in [6.07, 6.45) is 0. The minimum atomic E-state index is 0.696. The first-order valence-corrected chi connectivity index (χ1v) is 6.43. The van der Waals surface area contributed by atoms with Crippen LogP contribution in [-0.2, 0) is 0 Å². The summed E-state index contributed by atoms with van der Waals surface area (Å²) in [5, 5.41) is 0. The summed E-state index contributed by atoms with van der Waals surface area (Å²) in [5.41, 5.74) is 6.26. The molecule has 2 aromatic rings. The number of aryl methyl sites for hydroxylation is 3. The Morgan fingerprint density at radius 2 is 1.67 bits per heavy atom. The second-order valence-electron chi connectivity index (χ2n) is 4.73. The van der Waals surface area contributed by atoms with Gasteiger partial charge in [0, 0.05) is 5.56 Å². The van der Waals surface area contributed by atoms with E-state index in [1.807, 2.05) is 6.92 Å². The summed E-state index contributed by atoms with van der Waals surface area (Å²) >= 11 is 0. The molecule has 0 saturated heterocycles. The summed E-state index contributed by atoms with van der Waals surface area (Å²) in [6.45, 7) is 9.09. The molecule has 94 valence electrons. The van der Waals surface area contributed by atoms with Crippen molar-refractivity contribution in [3.05, 3.63) is 53.1 Å². The van der Waals surface area contributed by atoms with Gasteiger partial charge in [-0.1, -0.05) is 30.3 Å². The van der Waals surface area contributed by atoms with Crippen molar-refractivity contribution in [2.75, 3.05) is 6.61 Å². The highest BCUT2D eigenvalue weighted by Crippen LogP contribution is 2.32. The lowest BCUT2D eigenvalue weighted by atomic mass is 9.99. The molecule has 2 rings (SSSR count). The van der Waals surface area contributed by atoms with Crippen molar-refractivity contribution in [3.63, 3.8) is 0 Å². The molecule has 0 amide bonds. The second kappa shape index (κ2) is 5.26. The average Bonchev–Trinajstić information content (AvgIpc) is 2.34. The third-order valence-electron chi connectivity index (χ3n) is 3.25. The largest absolute Gasteiger partial charge is 0.493 e. The maximum absolute atomic E-state index is 5.74. The Hall–Kier alpha value is -1.76. The van der Waals surface area contributed by atoms with Gasteiger partial charge in [0.2, 0.25) is 0 Å². The molecule has 18 heavy (non-hydrogen) atoms. The zero-order valence-corrected chi connectivity index (χ0v) is 11.6. The predicted octanol–water partition coefficient (Wildman–Crippen LogP) is 4.68. The summed E-state index contributed by atoms with van der Waals surface area (Å²) in [7, 11) is 0. The summed E-state index contributed by atoms with van der Waals surface area (Å²) in [4.78, 5) is 0. The fraction of sp³-hybridized carbons (Fsp3) is 0.294. The fourth-order valence-corrected chi connectivity index (χ4v) is 2.05. The summed E-state index contributed by atoms with van der Waals surface area (Å²) in [6, 6.07) is 12.9. The van der Waals surface area contributed by atoms with Crippen LogP contribution in [0.2, 0.25) is 0 Å². The van der Waals surface area contributed by atoms with Gasteiger partial charge in [-0.15, -0.1) is 0 Å². The van der Waals surface area contributed by atoms with E-state index in [1.54, 1.807) is 0 Å². The zero-order valence-electron chi connectivity index (χ0n) is 11.6. The van der Waals surface area contributed by atoms with Crippen LogP contribution in [0.4, 0.5) is 0 Å². The molecule has 2 aromatic carbocycles. The zero-order chi connectivity index (χ0) is 13.1. The van der Waals surface area contributed by atoms with Crippen molar-refractivity contribution in [2.45, 2.75) is 27.7 Å². The molecule has 0 aliphatic carbocycles. The van der Waals surface area contributed by atoms with Crippen LogP contribution < -0.4 is 4.74 Å². The van der Waals surface area contributed by atoms with Crippen molar-refractivity contribution in [1.82, 2.24) is 0 Å². The van der Waals surface area contributed by atoms with Crippen molar-refractivity contribution >= 4 is 0 Å². The van der Waals surface area contributed by atoms with Crippen molar-refractivity contribution in [2.24, 2.45) is 0 Å². The Bertz CT molecular complexity index is 556. The lowest BCUT2D eigenvalue weighted by Gasteiger charge is -2.12.